The third-order valence-corrected chi connectivity index (χ3v) is 5.98. The van der Waals surface area contributed by atoms with Crippen LogP contribution in [0.1, 0.15) is 34.1 Å². The Hall–Kier alpha value is -2.60. The SMILES string of the molecule is CCN1CCc2c(C(=O)N3CCc4ccccc4C3)c(OC)cc(=O)n2CC1. The Morgan fingerprint density at radius 3 is 2.61 bits per heavy atom. The van der Waals surface area contributed by atoms with Crippen LogP contribution in [0.25, 0.3) is 0 Å². The molecule has 0 unspecified atom stereocenters. The van der Waals surface area contributed by atoms with E-state index >= 15 is 0 Å². The minimum absolute atomic E-state index is 0.0416. The second kappa shape index (κ2) is 7.80. The first-order chi connectivity index (χ1) is 13.6. The van der Waals surface area contributed by atoms with Crippen molar-refractivity contribution in [1.82, 2.24) is 14.4 Å². The van der Waals surface area contributed by atoms with E-state index in [0.717, 1.165) is 31.7 Å². The standard InChI is InChI=1S/C22H27N3O3/c1-3-23-10-9-18-21(19(28-2)14-20(26)25(18)13-12-23)22(27)24-11-8-16-6-4-5-7-17(16)15-24/h4-7,14H,3,8-13,15H2,1-2H3. The lowest BCUT2D eigenvalue weighted by molar-refractivity contribution is 0.0728. The topological polar surface area (TPSA) is 54.8 Å². The van der Waals surface area contributed by atoms with E-state index in [1.54, 1.807) is 4.57 Å². The summed E-state index contributed by atoms with van der Waals surface area (Å²) >= 11 is 0. The summed E-state index contributed by atoms with van der Waals surface area (Å²) in [4.78, 5) is 30.4. The highest BCUT2D eigenvalue weighted by Crippen LogP contribution is 2.27. The third kappa shape index (κ3) is 3.33. The van der Waals surface area contributed by atoms with Crippen molar-refractivity contribution < 1.29 is 9.53 Å². The molecule has 2 aliphatic heterocycles. The van der Waals surface area contributed by atoms with Crippen LogP contribution in [-0.2, 0) is 25.9 Å². The molecule has 0 bridgehead atoms. The van der Waals surface area contributed by atoms with Crippen molar-refractivity contribution in [1.29, 1.82) is 0 Å². The van der Waals surface area contributed by atoms with Gasteiger partial charge in [-0.15, -0.1) is 0 Å². The zero-order valence-corrected chi connectivity index (χ0v) is 16.6. The number of benzene rings is 1. The van der Waals surface area contributed by atoms with Crippen LogP contribution in [0.15, 0.2) is 35.1 Å². The molecule has 2 aromatic rings. The van der Waals surface area contributed by atoms with E-state index in [9.17, 15) is 9.59 Å². The van der Waals surface area contributed by atoms with Gasteiger partial charge in [-0.2, -0.15) is 0 Å². The van der Waals surface area contributed by atoms with Crippen molar-refractivity contribution in [3.63, 3.8) is 0 Å². The number of amides is 1. The fourth-order valence-electron chi connectivity index (χ4n) is 4.33. The molecule has 6 nitrogen and oxygen atoms in total. The average molecular weight is 381 g/mol. The fourth-order valence-corrected chi connectivity index (χ4v) is 4.33. The summed E-state index contributed by atoms with van der Waals surface area (Å²) in [5.74, 6) is 0.352. The maximum absolute atomic E-state index is 13.6. The molecule has 3 heterocycles. The molecular weight excluding hydrogens is 354 g/mol. The number of methoxy groups -OCH3 is 1. The lowest BCUT2D eigenvalue weighted by Crippen LogP contribution is -2.38. The zero-order valence-electron chi connectivity index (χ0n) is 16.6. The van der Waals surface area contributed by atoms with Gasteiger partial charge in [-0.05, 0) is 24.1 Å². The average Bonchev–Trinajstić information content (AvgIpc) is 2.95. The largest absolute Gasteiger partial charge is 0.496 e. The Labute approximate surface area is 165 Å². The van der Waals surface area contributed by atoms with Gasteiger partial charge in [-0.1, -0.05) is 31.2 Å². The minimum Gasteiger partial charge on any atom is -0.496 e. The smallest absolute Gasteiger partial charge is 0.259 e. The van der Waals surface area contributed by atoms with Crippen LogP contribution in [0.2, 0.25) is 0 Å². The van der Waals surface area contributed by atoms with Crippen LogP contribution < -0.4 is 10.3 Å². The molecule has 0 spiro atoms. The van der Waals surface area contributed by atoms with Gasteiger partial charge in [0.2, 0.25) is 0 Å². The number of pyridine rings is 1. The second-order valence-corrected chi connectivity index (χ2v) is 7.45. The second-order valence-electron chi connectivity index (χ2n) is 7.45. The monoisotopic (exact) mass is 381 g/mol. The van der Waals surface area contributed by atoms with Crippen molar-refractivity contribution in [2.75, 3.05) is 33.3 Å². The molecule has 1 aromatic carbocycles. The maximum Gasteiger partial charge on any atom is 0.259 e. The van der Waals surface area contributed by atoms with Gasteiger partial charge in [0.1, 0.15) is 11.3 Å². The van der Waals surface area contributed by atoms with Gasteiger partial charge in [-0.3, -0.25) is 9.59 Å². The summed E-state index contributed by atoms with van der Waals surface area (Å²) in [6, 6.07) is 9.74. The van der Waals surface area contributed by atoms with Gasteiger partial charge in [0.05, 0.1) is 7.11 Å². The quantitative estimate of drug-likeness (QED) is 0.815. The first-order valence-corrected chi connectivity index (χ1v) is 10.0. The molecule has 28 heavy (non-hydrogen) atoms. The van der Waals surface area contributed by atoms with Gasteiger partial charge >= 0.3 is 0 Å². The Kier molecular flexibility index (Phi) is 5.22. The lowest BCUT2D eigenvalue weighted by Gasteiger charge is -2.30. The number of fused-ring (bicyclic) bond motifs is 2. The molecule has 6 heteroatoms. The summed E-state index contributed by atoms with van der Waals surface area (Å²) < 4.78 is 7.26. The van der Waals surface area contributed by atoms with Crippen molar-refractivity contribution in [3.05, 3.63) is 63.1 Å². The van der Waals surface area contributed by atoms with Crippen LogP contribution in [0.3, 0.4) is 0 Å². The predicted molar refractivity (Wildman–Crippen MR) is 108 cm³/mol. The van der Waals surface area contributed by atoms with E-state index in [0.29, 0.717) is 37.4 Å². The Morgan fingerprint density at radius 1 is 1.07 bits per heavy atom. The number of carbonyl (C=O) groups is 1. The van der Waals surface area contributed by atoms with E-state index in [-0.39, 0.29) is 11.5 Å². The molecular formula is C22H27N3O3. The number of aromatic nitrogens is 1. The van der Waals surface area contributed by atoms with Crippen molar-refractivity contribution in [2.24, 2.45) is 0 Å². The molecule has 0 fully saturated rings. The zero-order chi connectivity index (χ0) is 19.7. The number of carbonyl (C=O) groups excluding carboxylic acids is 1. The highest BCUT2D eigenvalue weighted by Gasteiger charge is 2.29. The number of rotatable bonds is 3. The summed E-state index contributed by atoms with van der Waals surface area (Å²) in [7, 11) is 1.53. The number of hydrogen-bond donors (Lipinski definition) is 0. The molecule has 0 radical (unpaired) electrons. The van der Waals surface area contributed by atoms with Gasteiger partial charge in [-0.25, -0.2) is 0 Å². The Morgan fingerprint density at radius 2 is 1.86 bits per heavy atom. The van der Waals surface area contributed by atoms with Crippen LogP contribution in [0.4, 0.5) is 0 Å². The predicted octanol–water partition coefficient (Wildman–Crippen LogP) is 1.93. The van der Waals surface area contributed by atoms with Gasteiger partial charge in [0.15, 0.2) is 0 Å². The molecule has 1 aromatic heterocycles. The molecule has 148 valence electrons. The van der Waals surface area contributed by atoms with E-state index in [1.165, 1.54) is 24.3 Å². The molecule has 4 rings (SSSR count). The summed E-state index contributed by atoms with van der Waals surface area (Å²) in [6.07, 6.45) is 1.52. The minimum atomic E-state index is -0.0923. The van der Waals surface area contributed by atoms with Crippen LogP contribution in [-0.4, -0.2) is 53.6 Å². The Bertz CT molecular complexity index is 951. The van der Waals surface area contributed by atoms with Crippen molar-refractivity contribution >= 4 is 5.91 Å². The summed E-state index contributed by atoms with van der Waals surface area (Å²) in [6.45, 7) is 6.60. The van der Waals surface area contributed by atoms with Crippen molar-refractivity contribution in [3.8, 4) is 5.75 Å². The number of nitrogens with zero attached hydrogens (tertiary/aromatic N) is 3. The van der Waals surface area contributed by atoms with Crippen LogP contribution in [0, 0.1) is 0 Å². The Balaban J connectivity index is 1.73. The number of hydrogen-bond acceptors (Lipinski definition) is 4. The van der Waals surface area contributed by atoms with Crippen LogP contribution >= 0.6 is 0 Å². The van der Waals surface area contributed by atoms with E-state index in [2.05, 4.69) is 24.0 Å². The molecule has 0 aliphatic carbocycles. The maximum atomic E-state index is 13.6. The van der Waals surface area contributed by atoms with E-state index < -0.39 is 0 Å². The van der Waals surface area contributed by atoms with E-state index in [1.807, 2.05) is 17.0 Å². The first kappa shape index (κ1) is 18.7. The lowest BCUT2D eigenvalue weighted by atomic mass is 9.98. The number of ether oxygens (including phenoxy) is 1. The summed E-state index contributed by atoms with van der Waals surface area (Å²) in [5, 5.41) is 0. The van der Waals surface area contributed by atoms with Crippen LogP contribution in [0.5, 0.6) is 5.75 Å². The third-order valence-electron chi connectivity index (χ3n) is 5.98. The first-order valence-electron chi connectivity index (χ1n) is 10.0. The molecule has 1 amide bonds. The highest BCUT2D eigenvalue weighted by molar-refractivity contribution is 5.98. The van der Waals surface area contributed by atoms with Crippen molar-refractivity contribution in [2.45, 2.75) is 32.9 Å². The molecule has 0 saturated carbocycles. The molecule has 0 atom stereocenters. The fraction of sp³-hybridized carbons (Fsp3) is 0.455. The number of likely N-dealkylation sites (N-methyl/N-ethyl adjacent to an activating group) is 1. The van der Waals surface area contributed by atoms with E-state index in [4.69, 9.17) is 4.74 Å². The summed E-state index contributed by atoms with van der Waals surface area (Å²) in [5.41, 5.74) is 3.77. The molecule has 0 N–H and O–H groups in total. The van der Waals surface area contributed by atoms with Gasteiger partial charge in [0.25, 0.3) is 11.5 Å². The normalized spacial score (nSPS) is 16.9. The highest BCUT2D eigenvalue weighted by atomic mass is 16.5. The molecule has 2 aliphatic rings. The molecule has 0 saturated heterocycles. The van der Waals surface area contributed by atoms with Gasteiger partial charge < -0.3 is 19.1 Å². The van der Waals surface area contributed by atoms with Gasteiger partial charge in [0, 0.05) is 50.9 Å².